The summed E-state index contributed by atoms with van der Waals surface area (Å²) in [4.78, 5) is 47.3. The van der Waals surface area contributed by atoms with Crippen LogP contribution in [0.15, 0.2) is 21.7 Å². The van der Waals surface area contributed by atoms with E-state index in [-0.39, 0.29) is 23.5 Å². The van der Waals surface area contributed by atoms with E-state index in [1.54, 1.807) is 0 Å². The van der Waals surface area contributed by atoms with Crippen LogP contribution in [0.4, 0.5) is 0 Å². The van der Waals surface area contributed by atoms with Gasteiger partial charge in [-0.25, -0.2) is 9.78 Å². The van der Waals surface area contributed by atoms with E-state index in [2.05, 4.69) is 14.9 Å². The number of fused-ring (bicyclic) bond motifs is 2. The van der Waals surface area contributed by atoms with Gasteiger partial charge in [0.1, 0.15) is 0 Å². The molecule has 1 N–H and O–H groups in total. The third-order valence-corrected chi connectivity index (χ3v) is 6.62. The first-order valence-electron chi connectivity index (χ1n) is 10.5. The molecule has 1 saturated carbocycles. The third kappa shape index (κ3) is 3.63. The van der Waals surface area contributed by atoms with E-state index in [0.717, 1.165) is 34.1 Å². The van der Waals surface area contributed by atoms with Gasteiger partial charge >= 0.3 is 11.7 Å². The molecule has 0 spiro atoms. The number of aromatic nitrogens is 4. The lowest BCUT2D eigenvalue weighted by molar-refractivity contribution is -0.143. The van der Waals surface area contributed by atoms with Gasteiger partial charge < -0.3 is 14.6 Å². The molecule has 1 aromatic carbocycles. The van der Waals surface area contributed by atoms with Gasteiger partial charge in [-0.15, -0.1) is 0 Å². The highest BCUT2D eigenvalue weighted by molar-refractivity contribution is 5.81. The maximum absolute atomic E-state index is 12.7. The fraction of sp³-hybridized carbons (Fsp3) is 0.500. The molecule has 4 rings (SSSR count). The summed E-state index contributed by atoms with van der Waals surface area (Å²) in [5.41, 5.74) is 2.66. The molecule has 0 bridgehead atoms. The number of carboxylic acids is 1. The fourth-order valence-electron chi connectivity index (χ4n) is 4.58. The summed E-state index contributed by atoms with van der Waals surface area (Å²) in [7, 11) is 3.33. The van der Waals surface area contributed by atoms with Crippen LogP contribution in [0.1, 0.15) is 30.4 Å². The second-order valence-electron chi connectivity index (χ2n) is 8.54. The molecule has 0 radical (unpaired) electrons. The topological polar surface area (TPSA) is 110 Å². The summed E-state index contributed by atoms with van der Waals surface area (Å²) in [5.74, 6) is -0.864. The summed E-state index contributed by atoms with van der Waals surface area (Å²) in [6.07, 6.45) is 2.43. The van der Waals surface area contributed by atoms with Gasteiger partial charge in [0.15, 0.2) is 11.5 Å². The fourth-order valence-corrected chi connectivity index (χ4v) is 4.58. The number of aliphatic carboxylic acids is 1. The van der Waals surface area contributed by atoms with Gasteiger partial charge in [0.2, 0.25) is 0 Å². The molecular formula is C22H27N5O4. The Morgan fingerprint density at radius 3 is 2.61 bits per heavy atom. The molecule has 31 heavy (non-hydrogen) atoms. The number of rotatable bonds is 5. The lowest BCUT2D eigenvalue weighted by Gasteiger charge is -2.28. The zero-order valence-electron chi connectivity index (χ0n) is 18.3. The number of nitrogens with zero attached hydrogens (tertiary/aromatic N) is 5. The summed E-state index contributed by atoms with van der Waals surface area (Å²) in [6, 6.07) is 3.90. The standard InChI is InChI=1S/C22H27N5O4/c1-12-10-15-17(11-13(12)2)27(19-18(23-15)20(28)26(4)22(31)24-19)9-8-25(3)16-7-5-6-14(16)21(29)30/h10-11,14,16H,5-9H2,1-4H3,(H,29,30)/t14-,16+/m1/s1. The average Bonchev–Trinajstić information content (AvgIpc) is 3.22. The number of carboxylic acid groups (broad SMARTS) is 1. The minimum Gasteiger partial charge on any atom is -0.481 e. The first-order valence-corrected chi connectivity index (χ1v) is 10.5. The first kappa shape index (κ1) is 21.2. The van der Waals surface area contributed by atoms with Crippen LogP contribution >= 0.6 is 0 Å². The Balaban J connectivity index is 1.81. The minimum absolute atomic E-state index is 0.0302. The Kier molecular flexibility index (Phi) is 5.38. The quantitative estimate of drug-likeness (QED) is 0.615. The number of aryl methyl sites for hydroxylation is 2. The summed E-state index contributed by atoms with van der Waals surface area (Å²) >= 11 is 0. The van der Waals surface area contributed by atoms with Crippen molar-refractivity contribution in [1.82, 2.24) is 24.0 Å². The van der Waals surface area contributed by atoms with Gasteiger partial charge in [-0.05, 0) is 57.0 Å². The number of carbonyl (C=O) groups is 1. The second-order valence-corrected chi connectivity index (χ2v) is 8.54. The largest absolute Gasteiger partial charge is 0.481 e. The van der Waals surface area contributed by atoms with E-state index >= 15 is 0 Å². The summed E-state index contributed by atoms with van der Waals surface area (Å²) < 4.78 is 2.84. The molecule has 1 fully saturated rings. The number of benzene rings is 1. The number of hydrogen-bond acceptors (Lipinski definition) is 6. The van der Waals surface area contributed by atoms with Gasteiger partial charge in [0.05, 0.1) is 17.0 Å². The third-order valence-electron chi connectivity index (χ3n) is 6.62. The highest BCUT2D eigenvalue weighted by Crippen LogP contribution is 2.30. The molecule has 1 aromatic rings. The Morgan fingerprint density at radius 2 is 1.90 bits per heavy atom. The van der Waals surface area contributed by atoms with Crippen LogP contribution in [0.25, 0.3) is 22.6 Å². The van der Waals surface area contributed by atoms with Gasteiger partial charge in [0, 0.05) is 26.2 Å². The molecule has 9 heteroatoms. The van der Waals surface area contributed by atoms with E-state index in [1.165, 1.54) is 7.05 Å². The van der Waals surface area contributed by atoms with Crippen molar-refractivity contribution >= 4 is 17.0 Å². The Labute approximate surface area is 179 Å². The summed E-state index contributed by atoms with van der Waals surface area (Å²) in [5, 5.41) is 9.52. The van der Waals surface area contributed by atoms with Gasteiger partial charge in [-0.2, -0.15) is 4.98 Å². The molecule has 2 atom stereocenters. The van der Waals surface area contributed by atoms with Crippen molar-refractivity contribution in [3.05, 3.63) is 44.1 Å². The van der Waals surface area contributed by atoms with Crippen molar-refractivity contribution in [2.45, 2.75) is 45.7 Å². The molecule has 164 valence electrons. The highest BCUT2D eigenvalue weighted by Gasteiger charge is 2.35. The second kappa shape index (κ2) is 7.88. The highest BCUT2D eigenvalue weighted by atomic mass is 16.4. The van der Waals surface area contributed by atoms with Crippen molar-refractivity contribution in [3.8, 4) is 11.5 Å². The Bertz CT molecular complexity index is 1260. The lowest BCUT2D eigenvalue weighted by atomic mass is 10.0. The number of hydrogen-bond donors (Lipinski definition) is 1. The van der Waals surface area contributed by atoms with Crippen LogP contribution in [0, 0.1) is 19.8 Å². The minimum atomic E-state index is -0.755. The molecule has 0 aromatic heterocycles. The van der Waals surface area contributed by atoms with Crippen LogP contribution in [0.5, 0.6) is 0 Å². The van der Waals surface area contributed by atoms with Crippen molar-refractivity contribution in [3.63, 3.8) is 0 Å². The molecular weight excluding hydrogens is 398 g/mol. The maximum atomic E-state index is 12.7. The summed E-state index contributed by atoms with van der Waals surface area (Å²) in [6.45, 7) is 5.01. The first-order chi connectivity index (χ1) is 14.7. The lowest BCUT2D eigenvalue weighted by Crippen LogP contribution is -2.40. The molecule has 9 nitrogen and oxygen atoms in total. The zero-order valence-corrected chi connectivity index (χ0v) is 18.3. The Morgan fingerprint density at radius 1 is 1.19 bits per heavy atom. The van der Waals surface area contributed by atoms with Crippen LogP contribution in [0.3, 0.4) is 0 Å². The molecule has 0 amide bonds. The maximum Gasteiger partial charge on any atom is 0.352 e. The SMILES string of the molecule is Cc1cc2nc3c(=O)n(C)c(=O)nc-3n(CCN(C)[C@H]3CCC[C@H]3C(=O)O)c2cc1C. The van der Waals surface area contributed by atoms with Crippen molar-refractivity contribution in [1.29, 1.82) is 0 Å². The molecule has 1 aliphatic carbocycles. The van der Waals surface area contributed by atoms with Crippen molar-refractivity contribution in [2.75, 3.05) is 13.6 Å². The molecule has 0 unspecified atom stereocenters. The van der Waals surface area contributed by atoms with Crippen LogP contribution < -0.4 is 11.2 Å². The molecule has 2 heterocycles. The normalized spacial score (nSPS) is 19.0. The van der Waals surface area contributed by atoms with E-state index in [4.69, 9.17) is 0 Å². The molecule has 3 aliphatic rings. The van der Waals surface area contributed by atoms with E-state index in [1.807, 2.05) is 37.6 Å². The van der Waals surface area contributed by atoms with Crippen LogP contribution in [-0.2, 0) is 18.4 Å². The van der Waals surface area contributed by atoms with Crippen LogP contribution in [0.2, 0.25) is 0 Å². The van der Waals surface area contributed by atoms with E-state index in [9.17, 15) is 19.5 Å². The predicted molar refractivity (Wildman–Crippen MR) is 117 cm³/mol. The predicted octanol–water partition coefficient (Wildman–Crippen LogP) is 1.40. The Hall–Kier alpha value is -3.07. The van der Waals surface area contributed by atoms with Crippen molar-refractivity contribution in [2.24, 2.45) is 13.0 Å². The molecule has 0 saturated heterocycles. The monoisotopic (exact) mass is 425 g/mol. The zero-order chi connectivity index (χ0) is 22.4. The average molecular weight is 425 g/mol. The van der Waals surface area contributed by atoms with Crippen LogP contribution in [-0.4, -0.2) is 54.7 Å². The van der Waals surface area contributed by atoms with Gasteiger partial charge in [-0.3, -0.25) is 14.2 Å². The van der Waals surface area contributed by atoms with Gasteiger partial charge in [-0.1, -0.05) is 6.42 Å². The smallest absolute Gasteiger partial charge is 0.352 e. The van der Waals surface area contributed by atoms with E-state index < -0.39 is 17.2 Å². The number of likely N-dealkylation sites (N-methyl/N-ethyl adjacent to an activating group) is 1. The molecule has 2 aliphatic heterocycles. The van der Waals surface area contributed by atoms with E-state index in [0.29, 0.717) is 25.0 Å². The van der Waals surface area contributed by atoms with Crippen molar-refractivity contribution < 1.29 is 9.90 Å². The van der Waals surface area contributed by atoms with Gasteiger partial charge in [0.25, 0.3) is 5.56 Å².